The number of rotatable bonds is 7. The van der Waals surface area contributed by atoms with Crippen LogP contribution in [0.5, 0.6) is 0 Å². The molecule has 1 aliphatic rings. The molecule has 1 fully saturated rings. The third kappa shape index (κ3) is 4.81. The van der Waals surface area contributed by atoms with Crippen molar-refractivity contribution in [3.05, 3.63) is 35.9 Å². The molecule has 2 unspecified atom stereocenters. The molecule has 1 aliphatic heterocycles. The lowest BCUT2D eigenvalue weighted by Gasteiger charge is -2.19. The van der Waals surface area contributed by atoms with E-state index in [1.165, 1.54) is 5.56 Å². The summed E-state index contributed by atoms with van der Waals surface area (Å²) in [4.78, 5) is 11.4. The van der Waals surface area contributed by atoms with Crippen LogP contribution in [-0.4, -0.2) is 32.1 Å². The van der Waals surface area contributed by atoms with Gasteiger partial charge in [-0.05, 0) is 5.56 Å². The lowest BCUT2D eigenvalue weighted by molar-refractivity contribution is -0.123. The van der Waals surface area contributed by atoms with Crippen LogP contribution in [0.1, 0.15) is 25.5 Å². The molecule has 1 heterocycles. The maximum Gasteiger partial charge on any atom is 0.222 e. The van der Waals surface area contributed by atoms with Crippen molar-refractivity contribution in [2.24, 2.45) is 11.8 Å². The Morgan fingerprint density at radius 3 is 2.76 bits per heavy atom. The molecule has 116 valence electrons. The fraction of sp³-hybridized carbons (Fsp3) is 0.562. The van der Waals surface area contributed by atoms with Crippen LogP contribution < -0.4 is 21.5 Å². The van der Waals surface area contributed by atoms with Gasteiger partial charge >= 0.3 is 0 Å². The Labute approximate surface area is 126 Å². The average Bonchev–Trinajstić information content (AvgIpc) is 2.96. The molecule has 1 aromatic rings. The molecule has 1 saturated heterocycles. The van der Waals surface area contributed by atoms with Gasteiger partial charge in [0, 0.05) is 38.0 Å². The van der Waals surface area contributed by atoms with Crippen molar-refractivity contribution in [1.82, 2.24) is 21.5 Å². The number of benzene rings is 1. The van der Waals surface area contributed by atoms with E-state index in [9.17, 15) is 4.79 Å². The van der Waals surface area contributed by atoms with Crippen molar-refractivity contribution < 1.29 is 4.79 Å². The lowest BCUT2D eigenvalue weighted by atomic mass is 9.95. The van der Waals surface area contributed by atoms with Crippen LogP contribution in [0.2, 0.25) is 0 Å². The van der Waals surface area contributed by atoms with Crippen LogP contribution in [-0.2, 0) is 4.79 Å². The predicted molar refractivity (Wildman–Crippen MR) is 84.5 cm³/mol. The van der Waals surface area contributed by atoms with Gasteiger partial charge in [-0.3, -0.25) is 10.2 Å². The Balaban J connectivity index is 1.69. The van der Waals surface area contributed by atoms with E-state index >= 15 is 0 Å². The Bertz CT molecular complexity index is 435. The van der Waals surface area contributed by atoms with Crippen molar-refractivity contribution >= 4 is 5.91 Å². The highest BCUT2D eigenvalue weighted by Crippen LogP contribution is 2.23. The van der Waals surface area contributed by atoms with Gasteiger partial charge in [0.1, 0.15) is 0 Å². The van der Waals surface area contributed by atoms with Gasteiger partial charge in [0.2, 0.25) is 5.91 Å². The monoisotopic (exact) mass is 290 g/mol. The van der Waals surface area contributed by atoms with Crippen LogP contribution in [0, 0.1) is 11.8 Å². The van der Waals surface area contributed by atoms with E-state index in [-0.39, 0.29) is 11.8 Å². The molecule has 2 atom stereocenters. The van der Waals surface area contributed by atoms with Gasteiger partial charge in [-0.15, -0.1) is 0 Å². The molecule has 4 N–H and O–H groups in total. The predicted octanol–water partition coefficient (Wildman–Crippen LogP) is 0.814. The van der Waals surface area contributed by atoms with E-state index in [1.54, 1.807) is 0 Å². The molecule has 21 heavy (non-hydrogen) atoms. The van der Waals surface area contributed by atoms with Crippen LogP contribution in [0.3, 0.4) is 0 Å². The summed E-state index contributed by atoms with van der Waals surface area (Å²) >= 11 is 0. The van der Waals surface area contributed by atoms with Crippen LogP contribution in [0.25, 0.3) is 0 Å². The van der Waals surface area contributed by atoms with Gasteiger partial charge in [0.15, 0.2) is 0 Å². The first-order valence-corrected chi connectivity index (χ1v) is 7.70. The Morgan fingerprint density at radius 1 is 1.29 bits per heavy atom. The fourth-order valence-electron chi connectivity index (χ4n) is 2.51. The van der Waals surface area contributed by atoms with Gasteiger partial charge in [-0.25, -0.2) is 5.43 Å². The highest BCUT2D eigenvalue weighted by atomic mass is 16.1. The third-order valence-electron chi connectivity index (χ3n) is 3.78. The standard InChI is InChI=1S/C16H26N4O/c1-12(2)16(21)18-9-8-17-10-14-11-19-20-15(14)13-6-4-3-5-7-13/h3-7,12,14-15,17,19-20H,8-11H2,1-2H3,(H,18,21). The SMILES string of the molecule is CC(C)C(=O)NCCNCC1CNNC1c1ccccc1. The molecule has 0 bridgehead atoms. The average molecular weight is 290 g/mol. The van der Waals surface area contributed by atoms with Gasteiger partial charge in [0.05, 0.1) is 6.04 Å². The molecular weight excluding hydrogens is 264 g/mol. The van der Waals surface area contributed by atoms with Crippen molar-refractivity contribution in [2.75, 3.05) is 26.2 Å². The summed E-state index contributed by atoms with van der Waals surface area (Å²) < 4.78 is 0. The minimum atomic E-state index is 0.0516. The first-order valence-electron chi connectivity index (χ1n) is 7.70. The molecule has 0 aliphatic carbocycles. The summed E-state index contributed by atoms with van der Waals surface area (Å²) in [5.41, 5.74) is 7.88. The number of hydrogen-bond donors (Lipinski definition) is 4. The van der Waals surface area contributed by atoms with Gasteiger partial charge in [0.25, 0.3) is 0 Å². The second kappa shape index (κ2) is 8.12. The third-order valence-corrected chi connectivity index (χ3v) is 3.78. The number of nitrogens with one attached hydrogen (secondary N) is 4. The highest BCUT2D eigenvalue weighted by Gasteiger charge is 2.27. The number of hydrogen-bond acceptors (Lipinski definition) is 4. The largest absolute Gasteiger partial charge is 0.355 e. The summed E-state index contributed by atoms with van der Waals surface area (Å²) in [6, 6.07) is 10.8. The van der Waals surface area contributed by atoms with Crippen molar-refractivity contribution in [3.8, 4) is 0 Å². The van der Waals surface area contributed by atoms with E-state index < -0.39 is 0 Å². The van der Waals surface area contributed by atoms with Gasteiger partial charge in [-0.2, -0.15) is 0 Å². The topological polar surface area (TPSA) is 65.2 Å². The highest BCUT2D eigenvalue weighted by molar-refractivity contribution is 5.77. The van der Waals surface area contributed by atoms with Crippen molar-refractivity contribution in [1.29, 1.82) is 0 Å². The second-order valence-corrected chi connectivity index (χ2v) is 5.82. The van der Waals surface area contributed by atoms with E-state index in [0.29, 0.717) is 18.5 Å². The minimum absolute atomic E-state index is 0.0516. The summed E-state index contributed by atoms with van der Waals surface area (Å²) in [6.45, 7) is 7.17. The zero-order valence-corrected chi connectivity index (χ0v) is 12.9. The van der Waals surface area contributed by atoms with Gasteiger partial charge < -0.3 is 10.6 Å². The molecule has 5 nitrogen and oxygen atoms in total. The zero-order valence-electron chi connectivity index (χ0n) is 12.9. The summed E-state index contributed by atoms with van der Waals surface area (Å²) in [7, 11) is 0. The normalized spacial score (nSPS) is 21.7. The first-order chi connectivity index (χ1) is 10.2. The number of amides is 1. The lowest BCUT2D eigenvalue weighted by Crippen LogP contribution is -2.36. The van der Waals surface area contributed by atoms with E-state index in [0.717, 1.165) is 19.6 Å². The first kappa shape index (κ1) is 15.9. The summed E-state index contributed by atoms with van der Waals surface area (Å²) in [5, 5.41) is 6.34. The maximum absolute atomic E-state index is 11.4. The van der Waals surface area contributed by atoms with Crippen LogP contribution >= 0.6 is 0 Å². The van der Waals surface area contributed by atoms with Crippen molar-refractivity contribution in [3.63, 3.8) is 0 Å². The van der Waals surface area contributed by atoms with E-state index in [1.807, 2.05) is 19.9 Å². The maximum atomic E-state index is 11.4. The summed E-state index contributed by atoms with van der Waals surface area (Å²) in [5.74, 6) is 0.673. The minimum Gasteiger partial charge on any atom is -0.355 e. The quantitative estimate of drug-likeness (QED) is 0.561. The van der Waals surface area contributed by atoms with E-state index in [4.69, 9.17) is 0 Å². The molecule has 0 aromatic heterocycles. The Morgan fingerprint density at radius 2 is 2.05 bits per heavy atom. The summed E-state index contributed by atoms with van der Waals surface area (Å²) in [6.07, 6.45) is 0. The Hall–Kier alpha value is -1.43. The molecule has 0 spiro atoms. The molecule has 5 heteroatoms. The van der Waals surface area contributed by atoms with Gasteiger partial charge in [-0.1, -0.05) is 44.2 Å². The molecule has 1 amide bonds. The molecule has 1 aromatic carbocycles. The van der Waals surface area contributed by atoms with E-state index in [2.05, 4.69) is 45.8 Å². The molecule has 0 radical (unpaired) electrons. The fourth-order valence-corrected chi connectivity index (χ4v) is 2.51. The molecular formula is C16H26N4O. The number of carbonyl (C=O) groups is 1. The van der Waals surface area contributed by atoms with Crippen LogP contribution in [0.4, 0.5) is 0 Å². The van der Waals surface area contributed by atoms with Crippen molar-refractivity contribution in [2.45, 2.75) is 19.9 Å². The Kier molecular flexibility index (Phi) is 6.17. The second-order valence-electron chi connectivity index (χ2n) is 5.82. The number of carbonyl (C=O) groups excluding carboxylic acids is 1. The van der Waals surface area contributed by atoms with Crippen LogP contribution in [0.15, 0.2) is 30.3 Å². The smallest absolute Gasteiger partial charge is 0.222 e. The molecule has 0 saturated carbocycles. The number of hydrazine groups is 1. The zero-order chi connectivity index (χ0) is 15.1. The molecule has 2 rings (SSSR count).